The van der Waals surface area contributed by atoms with Gasteiger partial charge in [-0.2, -0.15) is 0 Å². The number of hydrogen-bond acceptors (Lipinski definition) is 6. The standard InChI is InChI=1S/C44H25N5O2/c1-2-10-26(11-3-1)41-46-42(48-43(47-41)35-15-8-14-33-30-13-5-7-18-37(30)51-40(33)35)27-19-21-31-32-22-20-28(25-39(32)50-38(31)24-27)49-36-17-6-4-12-29(36)34-16-9-23-45-44(34)49/h1-25H. The summed E-state index contributed by atoms with van der Waals surface area (Å²) in [6.07, 6.45) is 1.84. The molecule has 0 amide bonds. The highest BCUT2D eigenvalue weighted by Crippen LogP contribution is 2.38. The topological polar surface area (TPSA) is 82.8 Å². The Bertz CT molecular complexity index is 3100. The first kappa shape index (κ1) is 27.8. The summed E-state index contributed by atoms with van der Waals surface area (Å²) in [5.74, 6) is 1.67. The third kappa shape index (κ3) is 4.25. The highest BCUT2D eigenvalue weighted by atomic mass is 16.3. The van der Waals surface area contributed by atoms with Crippen LogP contribution in [0.5, 0.6) is 0 Å². The Hall–Kier alpha value is -7.12. The van der Waals surface area contributed by atoms with Crippen molar-refractivity contribution in [2.45, 2.75) is 0 Å². The maximum absolute atomic E-state index is 6.58. The SMILES string of the molecule is c1ccc(-c2nc(-c3ccc4c(c3)oc3cc(-n5c6ccccc6c6cccnc65)ccc34)nc(-c3cccc4c3oc3ccccc34)n2)cc1. The fourth-order valence-electron chi connectivity index (χ4n) is 7.37. The molecule has 0 spiro atoms. The van der Waals surface area contributed by atoms with Gasteiger partial charge in [-0.05, 0) is 54.6 Å². The number of aromatic nitrogens is 5. The second-order valence-corrected chi connectivity index (χ2v) is 12.7. The summed E-state index contributed by atoms with van der Waals surface area (Å²) in [7, 11) is 0. The van der Waals surface area contributed by atoms with Gasteiger partial charge in [0.05, 0.1) is 16.8 Å². The minimum absolute atomic E-state index is 0.539. The zero-order chi connectivity index (χ0) is 33.5. The molecule has 51 heavy (non-hydrogen) atoms. The van der Waals surface area contributed by atoms with E-state index in [0.717, 1.165) is 88.2 Å². The summed E-state index contributed by atoms with van der Waals surface area (Å²) in [5.41, 5.74) is 8.64. The largest absolute Gasteiger partial charge is 0.456 e. The lowest BCUT2D eigenvalue weighted by atomic mass is 10.1. The van der Waals surface area contributed by atoms with Crippen LogP contribution in [0.15, 0.2) is 161 Å². The summed E-state index contributed by atoms with van der Waals surface area (Å²) in [6, 6.07) is 49.2. The molecular weight excluding hydrogens is 631 g/mol. The fraction of sp³-hybridized carbons (Fsp3) is 0. The van der Waals surface area contributed by atoms with Crippen LogP contribution in [0.2, 0.25) is 0 Å². The Balaban J connectivity index is 1.08. The molecule has 0 saturated heterocycles. The lowest BCUT2D eigenvalue weighted by Crippen LogP contribution is -2.00. The smallest absolute Gasteiger partial charge is 0.167 e. The highest BCUT2D eigenvalue weighted by molar-refractivity contribution is 6.10. The zero-order valence-electron chi connectivity index (χ0n) is 27.0. The Morgan fingerprint density at radius 3 is 2.02 bits per heavy atom. The van der Waals surface area contributed by atoms with Gasteiger partial charge in [-0.25, -0.2) is 19.9 Å². The summed E-state index contributed by atoms with van der Waals surface area (Å²) >= 11 is 0. The first-order chi connectivity index (χ1) is 25.3. The summed E-state index contributed by atoms with van der Waals surface area (Å²) in [4.78, 5) is 19.8. The normalized spacial score (nSPS) is 11.9. The van der Waals surface area contributed by atoms with Gasteiger partial charge in [0, 0.05) is 55.7 Å². The number of pyridine rings is 1. The number of fused-ring (bicyclic) bond motifs is 9. The molecule has 6 aromatic carbocycles. The van der Waals surface area contributed by atoms with Crippen molar-refractivity contribution in [2.24, 2.45) is 0 Å². The minimum atomic E-state index is 0.539. The van der Waals surface area contributed by atoms with Gasteiger partial charge in [0.1, 0.15) is 28.0 Å². The van der Waals surface area contributed by atoms with Crippen molar-refractivity contribution in [3.63, 3.8) is 0 Å². The molecule has 0 bridgehead atoms. The first-order valence-corrected chi connectivity index (χ1v) is 16.8. The highest BCUT2D eigenvalue weighted by Gasteiger charge is 2.19. The molecule has 0 atom stereocenters. The molecule has 0 aliphatic heterocycles. The monoisotopic (exact) mass is 655 g/mol. The predicted octanol–water partition coefficient (Wildman–Crippen LogP) is 11.2. The van der Waals surface area contributed by atoms with E-state index >= 15 is 0 Å². The third-order valence-electron chi connectivity index (χ3n) is 9.72. The quantitative estimate of drug-likeness (QED) is 0.188. The number of hydrogen-bond donors (Lipinski definition) is 0. The first-order valence-electron chi connectivity index (χ1n) is 16.8. The maximum atomic E-state index is 6.58. The number of para-hydroxylation sites is 3. The molecule has 0 unspecified atom stereocenters. The van der Waals surface area contributed by atoms with Gasteiger partial charge >= 0.3 is 0 Å². The Morgan fingerprint density at radius 1 is 0.431 bits per heavy atom. The molecule has 0 saturated carbocycles. The van der Waals surface area contributed by atoms with E-state index in [2.05, 4.69) is 77.4 Å². The number of benzene rings is 6. The van der Waals surface area contributed by atoms with Crippen molar-refractivity contribution < 1.29 is 8.83 Å². The summed E-state index contributed by atoms with van der Waals surface area (Å²) < 4.78 is 15.2. The van der Waals surface area contributed by atoms with E-state index < -0.39 is 0 Å². The average molecular weight is 656 g/mol. The van der Waals surface area contributed by atoms with E-state index in [0.29, 0.717) is 17.5 Å². The van der Waals surface area contributed by atoms with Crippen LogP contribution < -0.4 is 0 Å². The molecule has 11 aromatic rings. The van der Waals surface area contributed by atoms with Gasteiger partial charge in [0.2, 0.25) is 0 Å². The molecule has 0 fully saturated rings. The van der Waals surface area contributed by atoms with E-state index in [9.17, 15) is 0 Å². The van der Waals surface area contributed by atoms with Gasteiger partial charge in [-0.15, -0.1) is 0 Å². The third-order valence-corrected chi connectivity index (χ3v) is 9.72. The molecule has 7 heteroatoms. The van der Waals surface area contributed by atoms with Crippen LogP contribution in [0.25, 0.3) is 106 Å². The second-order valence-electron chi connectivity index (χ2n) is 12.7. The molecule has 0 radical (unpaired) electrons. The fourth-order valence-corrected chi connectivity index (χ4v) is 7.37. The van der Waals surface area contributed by atoms with Crippen molar-refractivity contribution in [1.82, 2.24) is 24.5 Å². The molecule has 0 N–H and O–H groups in total. The van der Waals surface area contributed by atoms with E-state index in [4.69, 9.17) is 28.8 Å². The second kappa shape index (κ2) is 10.7. The number of rotatable bonds is 4. The van der Waals surface area contributed by atoms with Gasteiger partial charge < -0.3 is 8.83 Å². The van der Waals surface area contributed by atoms with Gasteiger partial charge in [-0.3, -0.25) is 4.57 Å². The van der Waals surface area contributed by atoms with Gasteiger partial charge in [0.15, 0.2) is 17.5 Å². The summed E-state index contributed by atoms with van der Waals surface area (Å²) in [6.45, 7) is 0. The molecular formula is C44H25N5O2. The van der Waals surface area contributed by atoms with Crippen LogP contribution >= 0.6 is 0 Å². The Kier molecular flexibility index (Phi) is 5.83. The van der Waals surface area contributed by atoms with Crippen molar-refractivity contribution in [3.8, 4) is 39.9 Å². The molecule has 11 rings (SSSR count). The lowest BCUT2D eigenvalue weighted by molar-refractivity contribution is 0.668. The van der Waals surface area contributed by atoms with Gasteiger partial charge in [0.25, 0.3) is 0 Å². The molecule has 7 nitrogen and oxygen atoms in total. The van der Waals surface area contributed by atoms with E-state index in [1.807, 2.05) is 79.0 Å². The number of furan rings is 2. The van der Waals surface area contributed by atoms with Crippen LogP contribution in [-0.2, 0) is 0 Å². The molecule has 0 aliphatic rings. The van der Waals surface area contributed by atoms with Crippen molar-refractivity contribution in [3.05, 3.63) is 152 Å². The Morgan fingerprint density at radius 2 is 1.12 bits per heavy atom. The minimum Gasteiger partial charge on any atom is -0.456 e. The molecule has 0 aliphatic carbocycles. The zero-order valence-corrected chi connectivity index (χ0v) is 27.0. The van der Waals surface area contributed by atoms with Crippen LogP contribution in [0.1, 0.15) is 0 Å². The number of nitrogens with zero attached hydrogens (tertiary/aromatic N) is 5. The van der Waals surface area contributed by atoms with Crippen molar-refractivity contribution in [1.29, 1.82) is 0 Å². The summed E-state index contributed by atoms with van der Waals surface area (Å²) in [5, 5.41) is 6.41. The molecule has 5 aromatic heterocycles. The van der Waals surface area contributed by atoms with Crippen LogP contribution in [0.4, 0.5) is 0 Å². The van der Waals surface area contributed by atoms with Crippen molar-refractivity contribution >= 4 is 65.8 Å². The Labute approximate surface area is 290 Å². The van der Waals surface area contributed by atoms with Crippen molar-refractivity contribution in [2.75, 3.05) is 0 Å². The molecule has 238 valence electrons. The molecule has 5 heterocycles. The van der Waals surface area contributed by atoms with E-state index in [1.165, 1.54) is 0 Å². The van der Waals surface area contributed by atoms with Crippen LogP contribution in [0, 0.1) is 0 Å². The average Bonchev–Trinajstić information content (AvgIpc) is 3.87. The maximum Gasteiger partial charge on any atom is 0.167 e. The van der Waals surface area contributed by atoms with Crippen LogP contribution in [-0.4, -0.2) is 24.5 Å². The lowest BCUT2D eigenvalue weighted by Gasteiger charge is -2.08. The van der Waals surface area contributed by atoms with Crippen LogP contribution in [0.3, 0.4) is 0 Å². The van der Waals surface area contributed by atoms with E-state index in [1.54, 1.807) is 0 Å². The van der Waals surface area contributed by atoms with Gasteiger partial charge in [-0.1, -0.05) is 84.9 Å². The van der Waals surface area contributed by atoms with E-state index in [-0.39, 0.29) is 0 Å². The predicted molar refractivity (Wildman–Crippen MR) is 203 cm³/mol.